The lowest BCUT2D eigenvalue weighted by molar-refractivity contribution is -0.120. The van der Waals surface area contributed by atoms with Gasteiger partial charge in [0.15, 0.2) is 0 Å². The first-order chi connectivity index (χ1) is 9.47. The predicted octanol–water partition coefficient (Wildman–Crippen LogP) is 2.50. The Morgan fingerprint density at radius 3 is 2.35 bits per heavy atom. The first-order valence-electron chi connectivity index (χ1n) is 5.58. The van der Waals surface area contributed by atoms with Crippen molar-refractivity contribution in [1.82, 2.24) is 5.32 Å². The molecule has 2 aromatic rings. The van der Waals surface area contributed by atoms with E-state index in [1.807, 2.05) is 0 Å². The Labute approximate surface area is 123 Å². The average molecular weight is 313 g/mol. The predicted molar refractivity (Wildman–Crippen MR) is 75.1 cm³/mol. The molecule has 0 spiro atoms. The molecule has 104 valence electrons. The van der Waals surface area contributed by atoms with Crippen LogP contribution < -0.4 is 11.1 Å². The minimum absolute atomic E-state index is 0.364. The summed E-state index contributed by atoms with van der Waals surface area (Å²) in [4.78, 5) is 23.8. The van der Waals surface area contributed by atoms with Crippen LogP contribution in [0, 0.1) is 5.82 Å². The van der Waals surface area contributed by atoms with E-state index in [1.54, 1.807) is 12.1 Å². The molecule has 0 radical (unpaired) electrons. The lowest BCUT2D eigenvalue weighted by Crippen LogP contribution is -2.37. The van der Waals surface area contributed by atoms with Crippen molar-refractivity contribution in [2.45, 2.75) is 6.04 Å². The molecule has 20 heavy (non-hydrogen) atoms. The molecule has 1 unspecified atom stereocenters. The zero-order valence-electron chi connectivity index (χ0n) is 10.1. The molecule has 1 atom stereocenters. The lowest BCUT2D eigenvalue weighted by atomic mass is 10.1. The summed E-state index contributed by atoms with van der Waals surface area (Å²) >= 11 is 6.83. The Hall–Kier alpha value is -1.92. The van der Waals surface area contributed by atoms with Crippen LogP contribution in [0.4, 0.5) is 4.39 Å². The number of primary amides is 1. The van der Waals surface area contributed by atoms with Crippen molar-refractivity contribution in [3.05, 3.63) is 57.0 Å². The minimum atomic E-state index is -1.02. The fourth-order valence-electron chi connectivity index (χ4n) is 1.61. The maximum atomic E-state index is 12.9. The van der Waals surface area contributed by atoms with Crippen LogP contribution in [0.15, 0.2) is 36.4 Å². The third kappa shape index (κ3) is 3.34. The van der Waals surface area contributed by atoms with Gasteiger partial charge in [-0.05, 0) is 29.8 Å². The second kappa shape index (κ2) is 6.02. The molecule has 7 heteroatoms. The largest absolute Gasteiger partial charge is 0.368 e. The molecule has 2 rings (SSSR count). The summed E-state index contributed by atoms with van der Waals surface area (Å²) in [5, 5.41) is 2.50. The van der Waals surface area contributed by atoms with Gasteiger partial charge in [-0.2, -0.15) is 0 Å². The number of nitrogens with one attached hydrogen (secondary N) is 1. The van der Waals surface area contributed by atoms with Crippen LogP contribution >= 0.6 is 22.9 Å². The van der Waals surface area contributed by atoms with Crippen LogP contribution in [0.3, 0.4) is 0 Å². The Morgan fingerprint density at radius 2 is 1.85 bits per heavy atom. The van der Waals surface area contributed by atoms with Crippen LogP contribution in [0.25, 0.3) is 0 Å². The van der Waals surface area contributed by atoms with Crippen molar-refractivity contribution in [3.8, 4) is 0 Å². The third-order valence-electron chi connectivity index (χ3n) is 2.56. The number of nitrogens with two attached hydrogens (primary N) is 1. The number of hydrogen-bond donors (Lipinski definition) is 2. The Kier molecular flexibility index (Phi) is 4.36. The SMILES string of the molecule is NC(=O)C(NC(=O)c1ccc(Cl)s1)c1ccc(F)cc1. The van der Waals surface area contributed by atoms with E-state index >= 15 is 0 Å². The monoisotopic (exact) mass is 312 g/mol. The van der Waals surface area contributed by atoms with Crippen molar-refractivity contribution in [2.24, 2.45) is 5.73 Å². The number of carbonyl (C=O) groups is 2. The third-order valence-corrected chi connectivity index (χ3v) is 3.79. The molecule has 0 saturated carbocycles. The summed E-state index contributed by atoms with van der Waals surface area (Å²) in [5.74, 6) is -1.63. The smallest absolute Gasteiger partial charge is 0.262 e. The summed E-state index contributed by atoms with van der Waals surface area (Å²) < 4.78 is 13.3. The number of carbonyl (C=O) groups excluding carboxylic acids is 2. The quantitative estimate of drug-likeness (QED) is 0.910. The highest BCUT2D eigenvalue weighted by molar-refractivity contribution is 7.18. The number of amides is 2. The Bertz CT molecular complexity index is 642. The number of halogens is 2. The van der Waals surface area contributed by atoms with Gasteiger partial charge in [-0.3, -0.25) is 9.59 Å². The van der Waals surface area contributed by atoms with Crippen LogP contribution in [0.2, 0.25) is 4.34 Å². The number of benzene rings is 1. The van der Waals surface area contributed by atoms with Gasteiger partial charge in [-0.1, -0.05) is 23.7 Å². The Morgan fingerprint density at radius 1 is 1.20 bits per heavy atom. The molecule has 1 aromatic heterocycles. The molecule has 0 aliphatic carbocycles. The highest BCUT2D eigenvalue weighted by atomic mass is 35.5. The van der Waals surface area contributed by atoms with Gasteiger partial charge in [0.1, 0.15) is 11.9 Å². The highest BCUT2D eigenvalue weighted by Crippen LogP contribution is 2.22. The normalized spacial score (nSPS) is 11.9. The molecule has 2 amide bonds. The molecule has 1 heterocycles. The van der Waals surface area contributed by atoms with Crippen molar-refractivity contribution in [1.29, 1.82) is 0 Å². The summed E-state index contributed by atoms with van der Waals surface area (Å²) in [7, 11) is 0. The second-order valence-corrected chi connectivity index (χ2v) is 5.68. The molecule has 1 aromatic carbocycles. The van der Waals surface area contributed by atoms with Crippen molar-refractivity contribution in [3.63, 3.8) is 0 Å². The molecule has 3 N–H and O–H groups in total. The van der Waals surface area contributed by atoms with Gasteiger partial charge in [0.2, 0.25) is 5.91 Å². The highest BCUT2D eigenvalue weighted by Gasteiger charge is 2.21. The summed E-state index contributed by atoms with van der Waals surface area (Å²) in [6, 6.07) is 7.28. The van der Waals surface area contributed by atoms with Crippen molar-refractivity contribution < 1.29 is 14.0 Å². The van der Waals surface area contributed by atoms with Gasteiger partial charge >= 0.3 is 0 Å². The fraction of sp³-hybridized carbons (Fsp3) is 0.0769. The Balaban J connectivity index is 2.20. The molecule has 0 saturated heterocycles. The average Bonchev–Trinajstić information content (AvgIpc) is 2.83. The van der Waals surface area contributed by atoms with E-state index in [0.29, 0.717) is 14.8 Å². The standard InChI is InChI=1S/C13H10ClFN2O2S/c14-10-6-5-9(20-10)13(19)17-11(12(16)18)7-1-3-8(15)4-2-7/h1-6,11H,(H2,16,18)(H,17,19). The summed E-state index contributed by atoms with van der Waals surface area (Å²) in [6.07, 6.45) is 0. The molecule has 0 bridgehead atoms. The van der Waals surface area contributed by atoms with E-state index in [-0.39, 0.29) is 0 Å². The first-order valence-corrected chi connectivity index (χ1v) is 6.78. The number of hydrogen-bond acceptors (Lipinski definition) is 3. The second-order valence-electron chi connectivity index (χ2n) is 3.96. The van der Waals surface area contributed by atoms with Crippen LogP contribution in [0.1, 0.15) is 21.3 Å². The van der Waals surface area contributed by atoms with E-state index in [4.69, 9.17) is 17.3 Å². The van der Waals surface area contributed by atoms with Gasteiger partial charge in [0.25, 0.3) is 5.91 Å². The maximum absolute atomic E-state index is 12.9. The molecular weight excluding hydrogens is 303 g/mol. The molecule has 0 fully saturated rings. The lowest BCUT2D eigenvalue weighted by Gasteiger charge is -2.15. The van der Waals surface area contributed by atoms with Crippen LogP contribution in [-0.4, -0.2) is 11.8 Å². The van der Waals surface area contributed by atoms with E-state index in [0.717, 1.165) is 11.3 Å². The van der Waals surface area contributed by atoms with E-state index in [9.17, 15) is 14.0 Å². The molecule has 4 nitrogen and oxygen atoms in total. The van der Waals surface area contributed by atoms with E-state index < -0.39 is 23.7 Å². The summed E-state index contributed by atoms with van der Waals surface area (Å²) in [6.45, 7) is 0. The topological polar surface area (TPSA) is 72.2 Å². The van der Waals surface area contributed by atoms with E-state index in [2.05, 4.69) is 5.32 Å². The zero-order valence-corrected chi connectivity index (χ0v) is 11.7. The van der Waals surface area contributed by atoms with Crippen molar-refractivity contribution >= 4 is 34.8 Å². The van der Waals surface area contributed by atoms with Crippen LogP contribution in [0.5, 0.6) is 0 Å². The number of thiophene rings is 1. The first kappa shape index (κ1) is 14.5. The van der Waals surface area contributed by atoms with Gasteiger partial charge < -0.3 is 11.1 Å². The van der Waals surface area contributed by atoms with Gasteiger partial charge in [0.05, 0.1) is 9.21 Å². The number of rotatable bonds is 4. The van der Waals surface area contributed by atoms with Crippen LogP contribution in [-0.2, 0) is 4.79 Å². The maximum Gasteiger partial charge on any atom is 0.262 e. The summed E-state index contributed by atoms with van der Waals surface area (Å²) in [5.41, 5.74) is 5.68. The van der Waals surface area contributed by atoms with Gasteiger partial charge in [-0.15, -0.1) is 11.3 Å². The van der Waals surface area contributed by atoms with Gasteiger partial charge in [0, 0.05) is 0 Å². The minimum Gasteiger partial charge on any atom is -0.368 e. The molecule has 0 aliphatic heterocycles. The van der Waals surface area contributed by atoms with Gasteiger partial charge in [-0.25, -0.2) is 4.39 Å². The molecule has 0 aliphatic rings. The van der Waals surface area contributed by atoms with Crippen molar-refractivity contribution in [2.75, 3.05) is 0 Å². The van der Waals surface area contributed by atoms with E-state index in [1.165, 1.54) is 24.3 Å². The molecular formula is C13H10ClFN2O2S. The zero-order chi connectivity index (χ0) is 14.7. The fourth-order valence-corrected chi connectivity index (χ4v) is 2.56.